The van der Waals surface area contributed by atoms with Gasteiger partial charge in [0.05, 0.1) is 0 Å². The van der Waals surface area contributed by atoms with Gasteiger partial charge in [0.15, 0.2) is 11.5 Å². The number of benzene rings is 2. The zero-order valence-electron chi connectivity index (χ0n) is 9.01. The Morgan fingerprint density at radius 2 is 1.33 bits per heavy atom. The molecule has 0 saturated carbocycles. The fourth-order valence-corrected chi connectivity index (χ4v) is 1.48. The zero-order chi connectivity index (χ0) is 13.7. The van der Waals surface area contributed by atoms with Gasteiger partial charge in [0.25, 0.3) is 0 Å². The predicted octanol–water partition coefficient (Wildman–Crippen LogP) is 3.61. The fourth-order valence-electron chi connectivity index (χ4n) is 1.00. The van der Waals surface area contributed by atoms with Crippen LogP contribution in [0.2, 0.25) is 5.02 Å². The van der Waals surface area contributed by atoms with E-state index in [1.807, 2.05) is 0 Å². The zero-order valence-corrected chi connectivity index (χ0v) is 11.4. The number of rotatable bonds is 0. The van der Waals surface area contributed by atoms with Gasteiger partial charge in [0.2, 0.25) is 0 Å². The van der Waals surface area contributed by atoms with E-state index in [2.05, 4.69) is 15.9 Å². The normalized spacial score (nSPS) is 9.44. The third-order valence-electron chi connectivity index (χ3n) is 1.90. The highest BCUT2D eigenvalue weighted by Gasteiger charge is 2.00. The van der Waals surface area contributed by atoms with Crippen molar-refractivity contribution in [2.75, 3.05) is 0 Å². The molecule has 4 N–H and O–H groups in total. The van der Waals surface area contributed by atoms with E-state index in [0.717, 1.165) is 4.47 Å². The highest BCUT2D eigenvalue weighted by atomic mass is 79.9. The van der Waals surface area contributed by atoms with Gasteiger partial charge in [0, 0.05) is 4.47 Å². The molecule has 0 bridgehead atoms. The summed E-state index contributed by atoms with van der Waals surface area (Å²) in [6.07, 6.45) is 0. The molecule has 0 spiro atoms. The second-order valence-corrected chi connectivity index (χ2v) is 4.54. The molecule has 18 heavy (non-hydrogen) atoms. The van der Waals surface area contributed by atoms with Crippen molar-refractivity contribution in [2.45, 2.75) is 0 Å². The molecule has 0 saturated heterocycles. The average molecular weight is 334 g/mol. The first-order chi connectivity index (χ1) is 8.41. The van der Waals surface area contributed by atoms with Gasteiger partial charge in [-0.1, -0.05) is 33.6 Å². The Balaban J connectivity index is 0.000000180. The molecule has 0 aromatic heterocycles. The minimum Gasteiger partial charge on any atom is -0.506 e. The maximum Gasteiger partial charge on any atom is 0.158 e. The van der Waals surface area contributed by atoms with Crippen molar-refractivity contribution in [3.63, 3.8) is 0 Å². The summed E-state index contributed by atoms with van der Waals surface area (Å²) in [4.78, 5) is 0. The SMILES string of the molecule is Oc1ccc(Br)cc1O.Oc1cccc(O)c1Cl. The van der Waals surface area contributed by atoms with Gasteiger partial charge < -0.3 is 20.4 Å². The van der Waals surface area contributed by atoms with Crippen molar-refractivity contribution in [2.24, 2.45) is 0 Å². The van der Waals surface area contributed by atoms with Crippen LogP contribution in [0.15, 0.2) is 40.9 Å². The second-order valence-electron chi connectivity index (χ2n) is 3.24. The summed E-state index contributed by atoms with van der Waals surface area (Å²) in [6, 6.07) is 8.81. The highest BCUT2D eigenvalue weighted by Crippen LogP contribution is 2.31. The standard InChI is InChI=1S/C6H5BrO2.C6H5ClO2/c7-4-1-2-5(8)6(9)3-4;7-6-4(8)2-1-3-5(6)9/h2*1-3,8-9H. The molecule has 0 atom stereocenters. The molecule has 6 heteroatoms. The summed E-state index contributed by atoms with van der Waals surface area (Å²) in [5, 5.41) is 35.2. The predicted molar refractivity (Wildman–Crippen MR) is 72.3 cm³/mol. The lowest BCUT2D eigenvalue weighted by Gasteiger charge is -1.95. The third kappa shape index (κ3) is 4.01. The van der Waals surface area contributed by atoms with Crippen LogP contribution >= 0.6 is 27.5 Å². The number of phenols is 4. The summed E-state index contributed by atoms with van der Waals surface area (Å²) >= 11 is 8.50. The minimum absolute atomic E-state index is 0.00231. The van der Waals surface area contributed by atoms with E-state index < -0.39 is 0 Å². The molecule has 0 heterocycles. The fraction of sp³-hybridized carbons (Fsp3) is 0. The Morgan fingerprint density at radius 3 is 1.72 bits per heavy atom. The van der Waals surface area contributed by atoms with Crippen LogP contribution in [-0.2, 0) is 0 Å². The van der Waals surface area contributed by atoms with Crippen LogP contribution in [0.5, 0.6) is 23.0 Å². The summed E-state index contributed by atoms with van der Waals surface area (Å²) in [6.45, 7) is 0. The van der Waals surface area contributed by atoms with E-state index in [4.69, 9.17) is 32.0 Å². The summed E-state index contributed by atoms with van der Waals surface area (Å²) in [5.74, 6) is -0.407. The van der Waals surface area contributed by atoms with E-state index in [1.54, 1.807) is 6.07 Å². The van der Waals surface area contributed by atoms with Crippen LogP contribution < -0.4 is 0 Å². The molecule has 4 nitrogen and oxygen atoms in total. The van der Waals surface area contributed by atoms with Crippen molar-refractivity contribution in [3.8, 4) is 23.0 Å². The maximum atomic E-state index is 8.82. The van der Waals surface area contributed by atoms with Crippen LogP contribution in [0.3, 0.4) is 0 Å². The Morgan fingerprint density at radius 1 is 0.778 bits per heavy atom. The average Bonchev–Trinajstić information content (AvgIpc) is 2.32. The molecule has 0 fully saturated rings. The van der Waals surface area contributed by atoms with Gasteiger partial charge in [0.1, 0.15) is 16.5 Å². The van der Waals surface area contributed by atoms with Gasteiger partial charge in [-0.15, -0.1) is 0 Å². The maximum absolute atomic E-state index is 8.82. The van der Waals surface area contributed by atoms with Gasteiger partial charge in [-0.25, -0.2) is 0 Å². The van der Waals surface area contributed by atoms with Crippen LogP contribution in [0, 0.1) is 0 Å². The second kappa shape index (κ2) is 6.37. The number of hydrogen-bond donors (Lipinski definition) is 4. The van der Waals surface area contributed by atoms with E-state index in [0.29, 0.717) is 0 Å². The molecular weight excluding hydrogens is 323 g/mol. The number of halogens is 2. The van der Waals surface area contributed by atoms with Crippen LogP contribution in [-0.4, -0.2) is 20.4 Å². The van der Waals surface area contributed by atoms with Crippen molar-refractivity contribution in [3.05, 3.63) is 45.9 Å². The van der Waals surface area contributed by atoms with Crippen molar-refractivity contribution in [1.82, 2.24) is 0 Å². The molecule has 96 valence electrons. The molecule has 2 rings (SSSR count). The number of phenolic OH excluding ortho intramolecular Hbond substituents is 4. The third-order valence-corrected chi connectivity index (χ3v) is 2.78. The number of aromatic hydroxyl groups is 4. The number of hydrogen-bond acceptors (Lipinski definition) is 4. The Hall–Kier alpha value is -1.59. The Kier molecular flexibility index (Phi) is 5.12. The Labute approximate surface area is 117 Å². The largest absolute Gasteiger partial charge is 0.506 e. The van der Waals surface area contributed by atoms with E-state index in [-0.39, 0.29) is 28.0 Å². The smallest absolute Gasteiger partial charge is 0.158 e. The quantitative estimate of drug-likeness (QED) is 0.555. The molecule has 0 unspecified atom stereocenters. The van der Waals surface area contributed by atoms with Crippen molar-refractivity contribution in [1.29, 1.82) is 0 Å². The molecule has 0 radical (unpaired) electrons. The van der Waals surface area contributed by atoms with Crippen LogP contribution in [0.1, 0.15) is 0 Å². The van der Waals surface area contributed by atoms with E-state index in [9.17, 15) is 0 Å². The minimum atomic E-state index is -0.107. The first-order valence-corrected chi connectivity index (χ1v) is 5.93. The van der Waals surface area contributed by atoms with Crippen molar-refractivity contribution < 1.29 is 20.4 Å². The molecule has 0 aliphatic heterocycles. The summed E-state index contributed by atoms with van der Waals surface area (Å²) in [5.41, 5.74) is 0. The Bertz CT molecular complexity index is 525. The lowest BCUT2D eigenvalue weighted by molar-refractivity contribution is 0.403. The van der Waals surface area contributed by atoms with Crippen LogP contribution in [0.25, 0.3) is 0 Å². The molecule has 2 aromatic rings. The lowest BCUT2D eigenvalue weighted by atomic mass is 10.3. The summed E-state index contributed by atoms with van der Waals surface area (Å²) < 4.78 is 0.748. The van der Waals surface area contributed by atoms with Gasteiger partial charge >= 0.3 is 0 Å². The van der Waals surface area contributed by atoms with Crippen molar-refractivity contribution >= 4 is 27.5 Å². The van der Waals surface area contributed by atoms with Gasteiger partial charge in [-0.3, -0.25) is 0 Å². The molecule has 0 amide bonds. The topological polar surface area (TPSA) is 80.9 Å². The molecule has 2 aromatic carbocycles. The highest BCUT2D eigenvalue weighted by molar-refractivity contribution is 9.10. The van der Waals surface area contributed by atoms with Crippen LogP contribution in [0.4, 0.5) is 0 Å². The molecular formula is C12H10BrClO4. The lowest BCUT2D eigenvalue weighted by Crippen LogP contribution is -1.67. The first kappa shape index (κ1) is 14.5. The molecule has 0 aliphatic carbocycles. The van der Waals surface area contributed by atoms with E-state index >= 15 is 0 Å². The van der Waals surface area contributed by atoms with Gasteiger partial charge in [-0.2, -0.15) is 0 Å². The van der Waals surface area contributed by atoms with E-state index in [1.165, 1.54) is 30.3 Å². The molecule has 0 aliphatic rings. The first-order valence-electron chi connectivity index (χ1n) is 4.75. The monoisotopic (exact) mass is 332 g/mol. The summed E-state index contributed by atoms with van der Waals surface area (Å²) in [7, 11) is 0. The van der Waals surface area contributed by atoms with Gasteiger partial charge in [-0.05, 0) is 30.3 Å².